The maximum absolute atomic E-state index is 6.68. The number of fused-ring (bicyclic) bond motifs is 14. The van der Waals surface area contributed by atoms with Crippen molar-refractivity contribution in [3.63, 3.8) is 0 Å². The van der Waals surface area contributed by atoms with Crippen molar-refractivity contribution in [2.24, 2.45) is 0 Å². The number of furan rings is 2. The lowest BCUT2D eigenvalue weighted by Gasteiger charge is -2.15. The van der Waals surface area contributed by atoms with E-state index in [-0.39, 0.29) is 0 Å². The van der Waals surface area contributed by atoms with Gasteiger partial charge in [0.25, 0.3) is 0 Å². The number of aryl methyl sites for hydroxylation is 2. The standard InChI is InChI=1S/C41H29NO2/c1-21(2)24-17-22(3)36(23(4)18-24)25-19-32-28-13-15-30-26-9-5-7-11-34(26)43-40(30)38(28)42-37(32)33(20-25)29-14-16-31-27-10-6-8-12-35(27)44-41(31)39(29)42/h5-21H,1-4H3. The molecule has 210 valence electrons. The van der Waals surface area contributed by atoms with Crippen LogP contribution in [0.4, 0.5) is 0 Å². The fourth-order valence-electron chi connectivity index (χ4n) is 7.98. The number of nitrogens with zero attached hydrogens (tertiary/aromatic N) is 1. The van der Waals surface area contributed by atoms with E-state index in [1.165, 1.54) is 54.9 Å². The third-order valence-corrected chi connectivity index (χ3v) is 9.91. The van der Waals surface area contributed by atoms with E-state index in [2.05, 4.69) is 117 Å². The molecule has 0 aliphatic carbocycles. The third-order valence-electron chi connectivity index (χ3n) is 9.91. The molecule has 0 aliphatic heterocycles. The molecule has 4 heterocycles. The molecule has 0 atom stereocenters. The molecular weight excluding hydrogens is 538 g/mol. The van der Waals surface area contributed by atoms with Gasteiger partial charge < -0.3 is 13.2 Å². The van der Waals surface area contributed by atoms with Crippen LogP contribution in [0.2, 0.25) is 0 Å². The summed E-state index contributed by atoms with van der Waals surface area (Å²) < 4.78 is 15.8. The van der Waals surface area contributed by atoms with Crippen LogP contribution >= 0.6 is 0 Å². The van der Waals surface area contributed by atoms with Gasteiger partial charge in [0, 0.05) is 43.1 Å². The highest BCUT2D eigenvalue weighted by atomic mass is 16.3. The zero-order valence-corrected chi connectivity index (χ0v) is 25.1. The van der Waals surface area contributed by atoms with Gasteiger partial charge in [0.15, 0.2) is 11.2 Å². The lowest BCUT2D eigenvalue weighted by atomic mass is 9.89. The Balaban J connectivity index is 1.45. The number of hydrogen-bond donors (Lipinski definition) is 0. The summed E-state index contributed by atoms with van der Waals surface area (Å²) in [5.74, 6) is 0.490. The first-order chi connectivity index (χ1) is 21.5. The van der Waals surface area contributed by atoms with E-state index >= 15 is 0 Å². The molecule has 0 fully saturated rings. The van der Waals surface area contributed by atoms with Crippen molar-refractivity contribution in [2.75, 3.05) is 0 Å². The van der Waals surface area contributed by atoms with Crippen LogP contribution in [0.15, 0.2) is 106 Å². The normalized spacial score (nSPS) is 12.8. The largest absolute Gasteiger partial charge is 0.454 e. The van der Waals surface area contributed by atoms with Gasteiger partial charge in [-0.05, 0) is 84.0 Å². The fraction of sp³-hybridized carbons (Fsp3) is 0.122. The summed E-state index contributed by atoms with van der Waals surface area (Å²) in [7, 11) is 0. The third kappa shape index (κ3) is 2.92. The Morgan fingerprint density at radius 1 is 0.500 bits per heavy atom. The van der Waals surface area contributed by atoms with Crippen LogP contribution in [0.3, 0.4) is 0 Å². The van der Waals surface area contributed by atoms with Crippen LogP contribution < -0.4 is 0 Å². The molecule has 0 unspecified atom stereocenters. The molecule has 0 radical (unpaired) electrons. The monoisotopic (exact) mass is 567 g/mol. The average molecular weight is 568 g/mol. The molecule has 4 aromatic heterocycles. The maximum Gasteiger partial charge on any atom is 0.160 e. The van der Waals surface area contributed by atoms with Crippen molar-refractivity contribution in [1.82, 2.24) is 4.40 Å². The highest BCUT2D eigenvalue weighted by Gasteiger charge is 2.25. The summed E-state index contributed by atoms with van der Waals surface area (Å²) in [4.78, 5) is 0. The lowest BCUT2D eigenvalue weighted by Crippen LogP contribution is -1.94. The van der Waals surface area contributed by atoms with Crippen LogP contribution in [-0.2, 0) is 0 Å². The van der Waals surface area contributed by atoms with Crippen molar-refractivity contribution < 1.29 is 8.83 Å². The summed E-state index contributed by atoms with van der Waals surface area (Å²) in [5.41, 5.74) is 13.6. The topological polar surface area (TPSA) is 30.7 Å². The van der Waals surface area contributed by atoms with Gasteiger partial charge in [-0.2, -0.15) is 0 Å². The predicted octanol–water partition coefficient (Wildman–Crippen LogP) is 12.0. The number of rotatable bonds is 2. The van der Waals surface area contributed by atoms with Gasteiger partial charge in [0.2, 0.25) is 0 Å². The van der Waals surface area contributed by atoms with E-state index in [1.54, 1.807) is 0 Å². The van der Waals surface area contributed by atoms with Crippen LogP contribution in [0.5, 0.6) is 0 Å². The number of para-hydroxylation sites is 2. The molecule has 10 rings (SSSR count). The van der Waals surface area contributed by atoms with E-state index in [1.807, 2.05) is 12.1 Å². The lowest BCUT2D eigenvalue weighted by molar-refractivity contribution is 0.670. The minimum Gasteiger partial charge on any atom is -0.454 e. The molecule has 0 saturated carbocycles. The zero-order valence-electron chi connectivity index (χ0n) is 25.1. The Labute approximate surface area is 253 Å². The second-order valence-corrected chi connectivity index (χ2v) is 12.8. The van der Waals surface area contributed by atoms with E-state index in [0.29, 0.717) is 5.92 Å². The summed E-state index contributed by atoms with van der Waals surface area (Å²) in [5, 5.41) is 9.42. The molecule has 0 saturated heterocycles. The number of aromatic nitrogens is 1. The minimum absolute atomic E-state index is 0.490. The molecular formula is C41H29NO2. The van der Waals surface area contributed by atoms with Gasteiger partial charge in [-0.1, -0.05) is 74.5 Å². The molecule has 3 nitrogen and oxygen atoms in total. The molecule has 0 spiro atoms. The Hall–Kier alpha value is -5.28. The van der Waals surface area contributed by atoms with Crippen molar-refractivity contribution in [3.8, 4) is 11.1 Å². The Kier molecular flexibility index (Phi) is 4.51. The highest BCUT2D eigenvalue weighted by Crippen LogP contribution is 2.48. The first-order valence-corrected chi connectivity index (χ1v) is 15.5. The highest BCUT2D eigenvalue weighted by molar-refractivity contribution is 6.32. The van der Waals surface area contributed by atoms with Crippen molar-refractivity contribution >= 4 is 82.0 Å². The van der Waals surface area contributed by atoms with Crippen LogP contribution in [-0.4, -0.2) is 4.40 Å². The van der Waals surface area contributed by atoms with Gasteiger partial charge >= 0.3 is 0 Å². The van der Waals surface area contributed by atoms with Gasteiger partial charge in [-0.15, -0.1) is 0 Å². The SMILES string of the molecule is Cc1cc(C(C)C)cc(C)c1-c1cc2c3ccc4c5ccccc5oc4c3n3c2c(c1)c1ccc2c4ccccc4oc2c13. The summed E-state index contributed by atoms with van der Waals surface area (Å²) >= 11 is 0. The van der Waals surface area contributed by atoms with E-state index < -0.39 is 0 Å². The van der Waals surface area contributed by atoms with E-state index in [4.69, 9.17) is 8.83 Å². The first kappa shape index (κ1) is 24.2. The Morgan fingerprint density at radius 3 is 1.48 bits per heavy atom. The Morgan fingerprint density at radius 2 is 0.977 bits per heavy atom. The predicted molar refractivity (Wildman–Crippen MR) is 185 cm³/mol. The first-order valence-electron chi connectivity index (χ1n) is 15.5. The van der Waals surface area contributed by atoms with Crippen LogP contribution in [0, 0.1) is 13.8 Å². The summed E-state index contributed by atoms with van der Waals surface area (Å²) in [6.07, 6.45) is 0. The van der Waals surface area contributed by atoms with Crippen molar-refractivity contribution in [3.05, 3.63) is 114 Å². The molecule has 0 N–H and O–H groups in total. The van der Waals surface area contributed by atoms with Crippen molar-refractivity contribution in [2.45, 2.75) is 33.6 Å². The van der Waals surface area contributed by atoms with E-state index in [0.717, 1.165) is 54.9 Å². The zero-order chi connectivity index (χ0) is 29.4. The molecule has 44 heavy (non-hydrogen) atoms. The number of benzene rings is 6. The van der Waals surface area contributed by atoms with Gasteiger partial charge in [-0.25, -0.2) is 0 Å². The average Bonchev–Trinajstić information content (AvgIpc) is 3.76. The fourth-order valence-corrected chi connectivity index (χ4v) is 7.98. The quantitative estimate of drug-likeness (QED) is 0.208. The molecule has 6 aromatic carbocycles. The van der Waals surface area contributed by atoms with Gasteiger partial charge in [-0.3, -0.25) is 0 Å². The minimum atomic E-state index is 0.490. The Bertz CT molecular complexity index is 2640. The summed E-state index contributed by atoms with van der Waals surface area (Å²) in [6.45, 7) is 9.05. The second-order valence-electron chi connectivity index (χ2n) is 12.8. The van der Waals surface area contributed by atoms with Crippen molar-refractivity contribution in [1.29, 1.82) is 0 Å². The molecule has 0 aliphatic rings. The van der Waals surface area contributed by atoms with Crippen LogP contribution in [0.25, 0.3) is 93.1 Å². The van der Waals surface area contributed by atoms with Gasteiger partial charge in [0.05, 0.1) is 16.6 Å². The second kappa shape index (κ2) is 8.21. The molecule has 0 amide bonds. The molecule has 3 heteroatoms. The van der Waals surface area contributed by atoms with Crippen LogP contribution in [0.1, 0.15) is 36.5 Å². The number of hydrogen-bond acceptors (Lipinski definition) is 2. The molecule has 0 bridgehead atoms. The van der Waals surface area contributed by atoms with Gasteiger partial charge in [0.1, 0.15) is 11.2 Å². The van der Waals surface area contributed by atoms with E-state index in [9.17, 15) is 0 Å². The smallest absolute Gasteiger partial charge is 0.160 e. The summed E-state index contributed by atoms with van der Waals surface area (Å²) in [6, 6.07) is 35.3. The molecule has 10 aromatic rings. The maximum atomic E-state index is 6.68.